The van der Waals surface area contributed by atoms with Gasteiger partial charge in [-0.2, -0.15) is 0 Å². The first-order valence-electron chi connectivity index (χ1n) is 9.02. The Morgan fingerprint density at radius 1 is 0.862 bits per heavy atom. The third-order valence-electron chi connectivity index (χ3n) is 4.66. The average Bonchev–Trinajstić information content (AvgIpc) is 3.13. The molecular formula is C22H15N5O2. The molecule has 0 spiro atoms. The summed E-state index contributed by atoms with van der Waals surface area (Å²) < 4.78 is 0. The number of aromatic amines is 2. The van der Waals surface area contributed by atoms with E-state index in [1.807, 2.05) is 42.5 Å². The van der Waals surface area contributed by atoms with Crippen LogP contribution in [0.1, 0.15) is 10.4 Å². The molecule has 0 saturated carbocycles. The second kappa shape index (κ2) is 6.72. The molecule has 7 heteroatoms. The van der Waals surface area contributed by atoms with Gasteiger partial charge in [-0.15, -0.1) is 0 Å². The maximum Gasteiger partial charge on any atom is 0.323 e. The number of fused-ring (bicyclic) bond motifs is 2. The van der Waals surface area contributed by atoms with Crippen molar-refractivity contribution >= 4 is 33.5 Å². The fourth-order valence-corrected chi connectivity index (χ4v) is 3.32. The van der Waals surface area contributed by atoms with Crippen LogP contribution in [0.3, 0.4) is 0 Å². The zero-order valence-electron chi connectivity index (χ0n) is 15.1. The molecule has 3 aromatic heterocycles. The number of imidazole rings is 1. The lowest BCUT2D eigenvalue weighted by Crippen LogP contribution is -2.13. The quantitative estimate of drug-likeness (QED) is 0.443. The number of carbonyl (C=O) groups is 1. The van der Waals surface area contributed by atoms with Crippen LogP contribution >= 0.6 is 0 Å². The van der Waals surface area contributed by atoms with Gasteiger partial charge in [-0.05, 0) is 42.5 Å². The molecule has 0 fully saturated rings. The van der Waals surface area contributed by atoms with Crippen LogP contribution in [0.2, 0.25) is 0 Å². The predicted octanol–water partition coefficient (Wildman–Crippen LogP) is 3.72. The van der Waals surface area contributed by atoms with Crippen molar-refractivity contribution in [3.63, 3.8) is 0 Å². The Morgan fingerprint density at radius 3 is 2.55 bits per heavy atom. The third-order valence-corrected chi connectivity index (χ3v) is 4.66. The molecule has 140 valence electrons. The van der Waals surface area contributed by atoms with Crippen LogP contribution in [-0.4, -0.2) is 25.8 Å². The summed E-state index contributed by atoms with van der Waals surface area (Å²) in [5, 5.41) is 3.66. The van der Waals surface area contributed by atoms with Crippen LogP contribution in [0, 0.1) is 0 Å². The predicted molar refractivity (Wildman–Crippen MR) is 112 cm³/mol. The number of nitrogens with one attached hydrogen (secondary N) is 3. The number of aromatic nitrogens is 4. The lowest BCUT2D eigenvalue weighted by molar-refractivity contribution is 0.102. The molecule has 5 rings (SSSR count). The summed E-state index contributed by atoms with van der Waals surface area (Å²) in [6.07, 6.45) is 1.69. The van der Waals surface area contributed by atoms with Crippen LogP contribution in [0.4, 0.5) is 5.69 Å². The molecule has 2 aromatic carbocycles. The molecule has 7 nitrogen and oxygen atoms in total. The van der Waals surface area contributed by atoms with E-state index < -0.39 is 0 Å². The highest BCUT2D eigenvalue weighted by molar-refractivity contribution is 6.13. The van der Waals surface area contributed by atoms with Gasteiger partial charge in [0.05, 0.1) is 33.5 Å². The fraction of sp³-hybridized carbons (Fsp3) is 0. The number of pyridine rings is 2. The van der Waals surface area contributed by atoms with Gasteiger partial charge in [0.2, 0.25) is 0 Å². The average molecular weight is 381 g/mol. The Morgan fingerprint density at radius 2 is 1.69 bits per heavy atom. The van der Waals surface area contributed by atoms with Crippen molar-refractivity contribution < 1.29 is 4.79 Å². The largest absolute Gasteiger partial charge is 0.323 e. The van der Waals surface area contributed by atoms with E-state index in [0.717, 1.165) is 5.39 Å². The first kappa shape index (κ1) is 16.9. The van der Waals surface area contributed by atoms with Crippen LogP contribution in [-0.2, 0) is 0 Å². The summed E-state index contributed by atoms with van der Waals surface area (Å²) in [6.45, 7) is 0. The Labute approximate surface area is 164 Å². The van der Waals surface area contributed by atoms with Gasteiger partial charge < -0.3 is 15.3 Å². The number of para-hydroxylation sites is 1. The summed E-state index contributed by atoms with van der Waals surface area (Å²) in [7, 11) is 0. The van der Waals surface area contributed by atoms with Gasteiger partial charge in [0, 0.05) is 17.3 Å². The van der Waals surface area contributed by atoms with E-state index in [1.54, 1.807) is 30.5 Å². The lowest BCUT2D eigenvalue weighted by Gasteiger charge is -2.10. The number of H-pyrrole nitrogens is 2. The molecule has 0 saturated heterocycles. The van der Waals surface area contributed by atoms with E-state index in [1.165, 1.54) is 0 Å². The lowest BCUT2D eigenvalue weighted by atomic mass is 10.1. The van der Waals surface area contributed by atoms with Gasteiger partial charge in [-0.1, -0.05) is 24.3 Å². The zero-order chi connectivity index (χ0) is 19.8. The first-order chi connectivity index (χ1) is 14.2. The number of benzene rings is 2. The molecule has 0 bridgehead atoms. The van der Waals surface area contributed by atoms with Crippen LogP contribution < -0.4 is 11.0 Å². The third kappa shape index (κ3) is 3.14. The van der Waals surface area contributed by atoms with E-state index >= 15 is 0 Å². The number of anilines is 1. The topological polar surface area (TPSA) is 104 Å². The van der Waals surface area contributed by atoms with Gasteiger partial charge in [-0.3, -0.25) is 9.78 Å². The number of hydrogen-bond acceptors (Lipinski definition) is 4. The molecule has 0 radical (unpaired) electrons. The SMILES string of the molecule is O=C(Nc1ccc2[nH]c(=O)[nH]c2c1)c1cc(-c2ccccn2)nc2ccccc12. The van der Waals surface area contributed by atoms with E-state index in [4.69, 9.17) is 0 Å². The Balaban J connectivity index is 1.58. The fourth-order valence-electron chi connectivity index (χ4n) is 3.32. The number of hydrogen-bond donors (Lipinski definition) is 3. The Kier molecular flexibility index (Phi) is 3.91. The molecule has 0 aliphatic rings. The number of nitrogens with zero attached hydrogens (tertiary/aromatic N) is 2. The van der Waals surface area contributed by atoms with Crippen molar-refractivity contribution in [2.45, 2.75) is 0 Å². The molecule has 0 aliphatic heterocycles. The van der Waals surface area contributed by atoms with Crippen molar-refractivity contribution in [2.24, 2.45) is 0 Å². The number of carbonyl (C=O) groups excluding carboxylic acids is 1. The highest BCUT2D eigenvalue weighted by Gasteiger charge is 2.15. The van der Waals surface area contributed by atoms with Gasteiger partial charge in [0.25, 0.3) is 5.91 Å². The Bertz CT molecular complexity index is 1420. The van der Waals surface area contributed by atoms with Crippen molar-refractivity contribution in [2.75, 3.05) is 5.32 Å². The van der Waals surface area contributed by atoms with E-state index in [0.29, 0.717) is 39.2 Å². The highest BCUT2D eigenvalue weighted by Crippen LogP contribution is 2.25. The van der Waals surface area contributed by atoms with Gasteiger partial charge >= 0.3 is 5.69 Å². The minimum absolute atomic E-state index is 0.266. The standard InChI is InChI=1S/C22H15N5O2/c28-21(24-13-8-9-18-19(11-13)27-22(29)26-18)15-12-20(17-7-3-4-10-23-17)25-16-6-2-1-5-14(15)16/h1-12H,(H,24,28)(H2,26,27,29). The molecule has 1 amide bonds. The summed E-state index contributed by atoms with van der Waals surface area (Å²) >= 11 is 0. The maximum absolute atomic E-state index is 13.1. The minimum Gasteiger partial charge on any atom is -0.322 e. The van der Waals surface area contributed by atoms with Gasteiger partial charge in [-0.25, -0.2) is 9.78 Å². The molecule has 0 aliphatic carbocycles. The maximum atomic E-state index is 13.1. The summed E-state index contributed by atoms with van der Waals surface area (Å²) in [6, 6.07) is 20.0. The van der Waals surface area contributed by atoms with Crippen LogP contribution in [0.25, 0.3) is 33.3 Å². The normalized spacial score (nSPS) is 11.0. The van der Waals surface area contributed by atoms with Crippen LogP contribution in [0.5, 0.6) is 0 Å². The zero-order valence-corrected chi connectivity index (χ0v) is 15.1. The molecule has 3 heterocycles. The number of amides is 1. The Hall–Kier alpha value is -4.26. The smallest absolute Gasteiger partial charge is 0.322 e. The highest BCUT2D eigenvalue weighted by atomic mass is 16.2. The van der Waals surface area contributed by atoms with E-state index in [2.05, 4.69) is 25.3 Å². The molecule has 29 heavy (non-hydrogen) atoms. The monoisotopic (exact) mass is 381 g/mol. The molecular weight excluding hydrogens is 366 g/mol. The van der Waals surface area contributed by atoms with Crippen molar-refractivity contribution in [1.29, 1.82) is 0 Å². The summed E-state index contributed by atoms with van der Waals surface area (Å²) in [5.41, 5.74) is 4.13. The van der Waals surface area contributed by atoms with E-state index in [-0.39, 0.29) is 11.6 Å². The molecule has 3 N–H and O–H groups in total. The molecule has 0 atom stereocenters. The summed E-state index contributed by atoms with van der Waals surface area (Å²) in [4.78, 5) is 38.9. The van der Waals surface area contributed by atoms with Crippen molar-refractivity contribution in [3.8, 4) is 11.4 Å². The molecule has 5 aromatic rings. The second-order valence-corrected chi connectivity index (χ2v) is 6.58. The van der Waals surface area contributed by atoms with E-state index in [9.17, 15) is 9.59 Å². The second-order valence-electron chi connectivity index (χ2n) is 6.58. The molecule has 0 unspecified atom stereocenters. The van der Waals surface area contributed by atoms with Crippen molar-refractivity contribution in [1.82, 2.24) is 19.9 Å². The van der Waals surface area contributed by atoms with Gasteiger partial charge in [0.15, 0.2) is 0 Å². The first-order valence-corrected chi connectivity index (χ1v) is 9.02. The minimum atomic E-state index is -0.288. The van der Waals surface area contributed by atoms with Crippen LogP contribution in [0.15, 0.2) is 77.7 Å². The van der Waals surface area contributed by atoms with Crippen molar-refractivity contribution in [3.05, 3.63) is 89.0 Å². The van der Waals surface area contributed by atoms with Gasteiger partial charge in [0.1, 0.15) is 0 Å². The summed E-state index contributed by atoms with van der Waals surface area (Å²) in [5.74, 6) is -0.266. The number of rotatable bonds is 3.